The van der Waals surface area contributed by atoms with Crippen LogP contribution >= 0.6 is 11.6 Å². The van der Waals surface area contributed by atoms with Crippen LogP contribution in [-0.4, -0.2) is 59.0 Å². The van der Waals surface area contributed by atoms with Crippen molar-refractivity contribution in [3.63, 3.8) is 0 Å². The Balaban J connectivity index is 1.39. The van der Waals surface area contributed by atoms with Gasteiger partial charge in [-0.15, -0.1) is 0 Å². The summed E-state index contributed by atoms with van der Waals surface area (Å²) in [5.41, 5.74) is 3.65. The molecule has 0 saturated carbocycles. The summed E-state index contributed by atoms with van der Waals surface area (Å²) in [4.78, 5) is 16.9. The molecule has 0 bridgehead atoms. The maximum atomic E-state index is 6.32. The number of hydrogen-bond acceptors (Lipinski definition) is 5. The molecule has 0 N–H and O–H groups in total. The number of hydrogen-bond donors (Lipinski definition) is 0. The fraction of sp³-hybridized carbons (Fsp3) is 0.524. The van der Waals surface area contributed by atoms with Crippen LogP contribution in [-0.2, 0) is 19.5 Å². The highest BCUT2D eigenvalue weighted by molar-refractivity contribution is 6.31. The van der Waals surface area contributed by atoms with Gasteiger partial charge in [0.15, 0.2) is 0 Å². The first-order valence-electron chi connectivity index (χ1n) is 10.0. The Hall–Kier alpha value is -1.69. The lowest BCUT2D eigenvalue weighted by molar-refractivity contribution is 0.242. The minimum absolute atomic E-state index is 0.845. The summed E-state index contributed by atoms with van der Waals surface area (Å²) in [5, 5.41) is 0.845. The van der Waals surface area contributed by atoms with Crippen molar-refractivity contribution in [3.05, 3.63) is 52.3 Å². The van der Waals surface area contributed by atoms with Crippen LogP contribution in [0.4, 0.5) is 5.95 Å². The summed E-state index contributed by atoms with van der Waals surface area (Å²) in [6.07, 6.45) is 4.24. The molecule has 3 heterocycles. The lowest BCUT2D eigenvalue weighted by Crippen LogP contribution is -2.47. The Kier molecular flexibility index (Phi) is 5.91. The standard InChI is InChI=1S/C21H28ClN5/c1-2-8-25-10-12-27(13-11-25)21-23-14-18-16-26(9-7-20(18)24-21)15-17-5-3-4-6-19(17)22/h3-6,14H,2,7-13,15-16H2,1H3. The van der Waals surface area contributed by atoms with E-state index < -0.39 is 0 Å². The molecule has 0 aliphatic carbocycles. The first kappa shape index (κ1) is 18.7. The van der Waals surface area contributed by atoms with Crippen LogP contribution < -0.4 is 4.90 Å². The van der Waals surface area contributed by atoms with Gasteiger partial charge >= 0.3 is 0 Å². The van der Waals surface area contributed by atoms with Crippen molar-refractivity contribution < 1.29 is 0 Å². The van der Waals surface area contributed by atoms with Crippen LogP contribution in [0.3, 0.4) is 0 Å². The molecule has 144 valence electrons. The van der Waals surface area contributed by atoms with Crippen LogP contribution in [0.25, 0.3) is 0 Å². The zero-order valence-electron chi connectivity index (χ0n) is 16.1. The smallest absolute Gasteiger partial charge is 0.225 e. The van der Waals surface area contributed by atoms with Gasteiger partial charge in [-0.2, -0.15) is 0 Å². The topological polar surface area (TPSA) is 35.5 Å². The fourth-order valence-corrected chi connectivity index (χ4v) is 4.20. The molecule has 0 radical (unpaired) electrons. The second-order valence-electron chi connectivity index (χ2n) is 7.52. The third-order valence-electron chi connectivity index (χ3n) is 5.55. The molecule has 5 nitrogen and oxygen atoms in total. The minimum Gasteiger partial charge on any atom is -0.338 e. The lowest BCUT2D eigenvalue weighted by atomic mass is 10.1. The number of benzene rings is 1. The van der Waals surface area contributed by atoms with Crippen molar-refractivity contribution in [2.24, 2.45) is 0 Å². The third-order valence-corrected chi connectivity index (χ3v) is 5.92. The Labute approximate surface area is 167 Å². The SMILES string of the molecule is CCCN1CCN(c2ncc3c(n2)CCN(Cc2ccccc2Cl)C3)CC1. The molecular formula is C21H28ClN5. The molecule has 2 aliphatic heterocycles. The van der Waals surface area contributed by atoms with Crippen molar-refractivity contribution in [2.45, 2.75) is 32.9 Å². The zero-order valence-corrected chi connectivity index (χ0v) is 16.8. The van der Waals surface area contributed by atoms with Crippen LogP contribution in [0.15, 0.2) is 30.5 Å². The highest BCUT2D eigenvalue weighted by Crippen LogP contribution is 2.23. The lowest BCUT2D eigenvalue weighted by Gasteiger charge is -2.35. The number of anilines is 1. The van der Waals surface area contributed by atoms with E-state index in [4.69, 9.17) is 16.6 Å². The number of aromatic nitrogens is 2. The van der Waals surface area contributed by atoms with E-state index in [0.717, 1.165) is 63.2 Å². The van der Waals surface area contributed by atoms with Gasteiger partial charge in [-0.25, -0.2) is 9.97 Å². The van der Waals surface area contributed by atoms with Gasteiger partial charge in [-0.3, -0.25) is 9.80 Å². The number of fused-ring (bicyclic) bond motifs is 1. The zero-order chi connectivity index (χ0) is 18.6. The molecule has 1 aromatic heterocycles. The Morgan fingerprint density at radius 1 is 1.04 bits per heavy atom. The monoisotopic (exact) mass is 385 g/mol. The third kappa shape index (κ3) is 4.42. The van der Waals surface area contributed by atoms with Gasteiger partial charge in [0.1, 0.15) is 0 Å². The molecule has 4 rings (SSSR count). The van der Waals surface area contributed by atoms with E-state index >= 15 is 0 Å². The Morgan fingerprint density at radius 2 is 1.85 bits per heavy atom. The molecule has 0 unspecified atom stereocenters. The summed E-state index contributed by atoms with van der Waals surface area (Å²) in [6.45, 7) is 10.5. The maximum Gasteiger partial charge on any atom is 0.225 e. The summed E-state index contributed by atoms with van der Waals surface area (Å²) in [6, 6.07) is 8.10. The molecule has 2 aromatic rings. The quantitative estimate of drug-likeness (QED) is 0.789. The van der Waals surface area contributed by atoms with Gasteiger partial charge in [0.25, 0.3) is 0 Å². The van der Waals surface area contributed by atoms with E-state index in [1.54, 1.807) is 0 Å². The molecular weight excluding hydrogens is 358 g/mol. The van der Waals surface area contributed by atoms with Crippen LogP contribution in [0.2, 0.25) is 5.02 Å². The molecule has 0 atom stereocenters. The van der Waals surface area contributed by atoms with Gasteiger partial charge < -0.3 is 4.90 Å². The summed E-state index contributed by atoms with van der Waals surface area (Å²) in [5.74, 6) is 0.907. The van der Waals surface area contributed by atoms with E-state index in [1.165, 1.54) is 29.8 Å². The minimum atomic E-state index is 0.845. The summed E-state index contributed by atoms with van der Waals surface area (Å²) in [7, 11) is 0. The average molecular weight is 386 g/mol. The number of nitrogens with zero attached hydrogens (tertiary/aromatic N) is 5. The molecule has 0 amide bonds. The number of rotatable bonds is 5. The van der Waals surface area contributed by atoms with E-state index in [1.807, 2.05) is 18.3 Å². The highest BCUT2D eigenvalue weighted by Gasteiger charge is 2.22. The van der Waals surface area contributed by atoms with Crippen molar-refractivity contribution in [1.82, 2.24) is 19.8 Å². The predicted molar refractivity (Wildman–Crippen MR) is 110 cm³/mol. The van der Waals surface area contributed by atoms with E-state index in [-0.39, 0.29) is 0 Å². The predicted octanol–water partition coefficient (Wildman–Crippen LogP) is 3.22. The van der Waals surface area contributed by atoms with Crippen molar-refractivity contribution in [1.29, 1.82) is 0 Å². The normalized spacial score (nSPS) is 18.5. The van der Waals surface area contributed by atoms with E-state index in [9.17, 15) is 0 Å². The number of halogens is 1. The van der Waals surface area contributed by atoms with E-state index in [2.05, 4.69) is 38.7 Å². The first-order chi connectivity index (χ1) is 13.2. The van der Waals surface area contributed by atoms with Crippen molar-refractivity contribution in [2.75, 3.05) is 44.2 Å². The van der Waals surface area contributed by atoms with Crippen molar-refractivity contribution in [3.8, 4) is 0 Å². The highest BCUT2D eigenvalue weighted by atomic mass is 35.5. The van der Waals surface area contributed by atoms with Gasteiger partial charge in [0, 0.05) is 69.0 Å². The summed E-state index contributed by atoms with van der Waals surface area (Å²) < 4.78 is 0. The molecule has 1 aromatic carbocycles. The van der Waals surface area contributed by atoms with Gasteiger partial charge in [0.2, 0.25) is 5.95 Å². The molecule has 6 heteroatoms. The fourth-order valence-electron chi connectivity index (χ4n) is 4.01. The second kappa shape index (κ2) is 8.55. The van der Waals surface area contributed by atoms with Crippen LogP contribution in [0.5, 0.6) is 0 Å². The Morgan fingerprint density at radius 3 is 2.63 bits per heavy atom. The number of piperazine rings is 1. The van der Waals surface area contributed by atoms with Crippen LogP contribution in [0.1, 0.15) is 30.2 Å². The van der Waals surface area contributed by atoms with E-state index in [0.29, 0.717) is 0 Å². The molecule has 1 saturated heterocycles. The van der Waals surface area contributed by atoms with Gasteiger partial charge in [0.05, 0.1) is 5.69 Å². The largest absolute Gasteiger partial charge is 0.338 e. The summed E-state index contributed by atoms with van der Waals surface area (Å²) >= 11 is 6.32. The molecule has 1 fully saturated rings. The van der Waals surface area contributed by atoms with Crippen LogP contribution in [0, 0.1) is 0 Å². The van der Waals surface area contributed by atoms with Gasteiger partial charge in [-0.1, -0.05) is 36.7 Å². The molecule has 0 spiro atoms. The first-order valence-corrected chi connectivity index (χ1v) is 10.4. The van der Waals surface area contributed by atoms with Gasteiger partial charge in [-0.05, 0) is 24.6 Å². The molecule has 2 aliphatic rings. The average Bonchev–Trinajstić information content (AvgIpc) is 2.70. The second-order valence-corrected chi connectivity index (χ2v) is 7.93. The van der Waals surface area contributed by atoms with Crippen molar-refractivity contribution >= 4 is 17.5 Å². The Bertz CT molecular complexity index is 773. The molecule has 27 heavy (non-hydrogen) atoms. The maximum absolute atomic E-state index is 6.32.